The number of carbonyl (C=O) groups excluding carboxylic acids is 1. The van der Waals surface area contributed by atoms with Crippen LogP contribution in [0.2, 0.25) is 5.02 Å². The summed E-state index contributed by atoms with van der Waals surface area (Å²) in [4.78, 5) is 31.7. The molecule has 2 aliphatic rings. The Labute approximate surface area is 222 Å². The Balaban J connectivity index is 1.16. The van der Waals surface area contributed by atoms with Crippen molar-refractivity contribution < 1.29 is 9.18 Å². The van der Waals surface area contributed by atoms with E-state index in [9.17, 15) is 9.18 Å². The van der Waals surface area contributed by atoms with Gasteiger partial charge in [0.05, 0.1) is 10.4 Å². The number of rotatable bonds is 3. The normalized spacial score (nSPS) is 19.3. The molecule has 10 heteroatoms. The number of carbonyl (C=O) groups is 1. The zero-order valence-corrected chi connectivity index (χ0v) is 21.2. The summed E-state index contributed by atoms with van der Waals surface area (Å²) >= 11 is 6.17. The highest BCUT2D eigenvalue weighted by molar-refractivity contribution is 6.31. The molecule has 8 nitrogen and oxygen atoms in total. The number of anilines is 1. The van der Waals surface area contributed by atoms with E-state index in [0.717, 1.165) is 42.3 Å². The van der Waals surface area contributed by atoms with Crippen molar-refractivity contribution in [3.63, 3.8) is 0 Å². The van der Waals surface area contributed by atoms with Crippen molar-refractivity contribution in [2.75, 3.05) is 11.4 Å². The SMILES string of the molecule is O=C(N[C@H]1CCC[C@@H](n2cc(F)c3cnc(-c4c[nH]c5ncc(Cl)cc45)nc32)C1)N1CCc2ccccc21. The van der Waals surface area contributed by atoms with Crippen LogP contribution in [0.4, 0.5) is 14.9 Å². The van der Waals surface area contributed by atoms with Gasteiger partial charge in [0.2, 0.25) is 0 Å². The minimum Gasteiger partial charge on any atom is -0.345 e. The molecule has 5 heterocycles. The first-order valence-electron chi connectivity index (χ1n) is 12.9. The van der Waals surface area contributed by atoms with Crippen molar-refractivity contribution in [3.05, 3.63) is 71.5 Å². The van der Waals surface area contributed by atoms with E-state index in [1.165, 1.54) is 18.0 Å². The maximum Gasteiger partial charge on any atom is 0.322 e. The molecule has 4 aromatic heterocycles. The first-order valence-corrected chi connectivity index (χ1v) is 13.2. The van der Waals surface area contributed by atoms with Crippen LogP contribution in [-0.4, -0.2) is 43.1 Å². The van der Waals surface area contributed by atoms with Crippen LogP contribution in [0.25, 0.3) is 33.5 Å². The Kier molecular flexibility index (Phi) is 5.54. The number of nitrogens with zero attached hydrogens (tertiary/aromatic N) is 5. The van der Waals surface area contributed by atoms with Crippen LogP contribution in [0.3, 0.4) is 0 Å². The number of benzene rings is 1. The maximum absolute atomic E-state index is 15.0. The van der Waals surface area contributed by atoms with E-state index in [1.807, 2.05) is 33.7 Å². The minimum atomic E-state index is -0.352. The molecule has 1 saturated carbocycles. The van der Waals surface area contributed by atoms with Crippen molar-refractivity contribution in [1.29, 1.82) is 0 Å². The number of aromatic nitrogens is 5. The van der Waals surface area contributed by atoms with Gasteiger partial charge in [0, 0.05) is 60.1 Å². The van der Waals surface area contributed by atoms with Gasteiger partial charge in [-0.3, -0.25) is 4.90 Å². The Morgan fingerprint density at radius 2 is 2.05 bits per heavy atom. The highest BCUT2D eigenvalue weighted by atomic mass is 35.5. The summed E-state index contributed by atoms with van der Waals surface area (Å²) in [7, 11) is 0. The summed E-state index contributed by atoms with van der Waals surface area (Å²) in [6, 6.07) is 9.79. The second-order valence-electron chi connectivity index (χ2n) is 10.1. The average Bonchev–Trinajstić information content (AvgIpc) is 3.64. The fourth-order valence-electron chi connectivity index (χ4n) is 5.91. The molecule has 0 spiro atoms. The van der Waals surface area contributed by atoms with E-state index in [4.69, 9.17) is 16.6 Å². The zero-order chi connectivity index (χ0) is 25.8. The molecule has 5 aromatic rings. The predicted octanol–water partition coefficient (Wildman–Crippen LogP) is 6.02. The van der Waals surface area contributed by atoms with Crippen LogP contribution in [0.15, 0.2) is 55.1 Å². The van der Waals surface area contributed by atoms with E-state index in [2.05, 4.69) is 26.3 Å². The van der Waals surface area contributed by atoms with Gasteiger partial charge in [-0.1, -0.05) is 29.8 Å². The van der Waals surface area contributed by atoms with Gasteiger partial charge in [-0.25, -0.2) is 24.1 Å². The molecule has 2 amide bonds. The molecular weight excluding hydrogens is 505 g/mol. The summed E-state index contributed by atoms with van der Waals surface area (Å²) in [5, 5.41) is 4.94. The monoisotopic (exact) mass is 529 g/mol. The average molecular weight is 530 g/mol. The summed E-state index contributed by atoms with van der Waals surface area (Å²) < 4.78 is 16.9. The first-order chi connectivity index (χ1) is 18.5. The van der Waals surface area contributed by atoms with Crippen LogP contribution in [0.1, 0.15) is 37.3 Å². The molecule has 7 rings (SSSR count). The van der Waals surface area contributed by atoms with Crippen LogP contribution < -0.4 is 10.2 Å². The van der Waals surface area contributed by atoms with Crippen molar-refractivity contribution in [2.45, 2.75) is 44.2 Å². The number of pyridine rings is 1. The number of aromatic amines is 1. The largest absolute Gasteiger partial charge is 0.345 e. The molecular formula is C28H25ClFN7O. The minimum absolute atomic E-state index is 0.00216. The van der Waals surface area contributed by atoms with Crippen LogP contribution in [-0.2, 0) is 6.42 Å². The molecule has 38 heavy (non-hydrogen) atoms. The van der Waals surface area contributed by atoms with E-state index in [0.29, 0.717) is 40.5 Å². The van der Waals surface area contributed by atoms with Gasteiger partial charge in [0.15, 0.2) is 11.6 Å². The fourth-order valence-corrected chi connectivity index (χ4v) is 6.07. The number of urea groups is 1. The lowest BCUT2D eigenvalue weighted by molar-refractivity contribution is 0.232. The smallest absolute Gasteiger partial charge is 0.322 e. The van der Waals surface area contributed by atoms with Gasteiger partial charge in [-0.15, -0.1) is 0 Å². The lowest BCUT2D eigenvalue weighted by Gasteiger charge is -2.32. The molecule has 1 aliphatic carbocycles. The lowest BCUT2D eigenvalue weighted by atomic mass is 9.91. The van der Waals surface area contributed by atoms with Crippen molar-refractivity contribution in [2.24, 2.45) is 0 Å². The molecule has 0 saturated heterocycles. The van der Waals surface area contributed by atoms with Crippen molar-refractivity contribution in [1.82, 2.24) is 29.8 Å². The molecule has 1 aromatic carbocycles. The maximum atomic E-state index is 15.0. The third-order valence-corrected chi connectivity index (χ3v) is 7.97. The van der Waals surface area contributed by atoms with Crippen molar-refractivity contribution >= 4 is 45.4 Å². The predicted molar refractivity (Wildman–Crippen MR) is 145 cm³/mol. The number of H-pyrrole nitrogens is 1. The molecule has 1 aliphatic heterocycles. The highest BCUT2D eigenvalue weighted by Gasteiger charge is 2.30. The van der Waals surface area contributed by atoms with Gasteiger partial charge in [0.1, 0.15) is 11.3 Å². The molecule has 0 bridgehead atoms. The Morgan fingerprint density at radius 1 is 1.16 bits per heavy atom. The number of nitrogens with one attached hydrogen (secondary N) is 2. The third kappa shape index (κ3) is 3.89. The number of fused-ring (bicyclic) bond motifs is 3. The fraction of sp³-hybridized carbons (Fsp3) is 0.286. The topological polar surface area (TPSA) is 91.7 Å². The second-order valence-corrected chi connectivity index (χ2v) is 10.5. The van der Waals surface area contributed by atoms with E-state index in [1.54, 1.807) is 12.4 Å². The molecule has 0 unspecified atom stereocenters. The van der Waals surface area contributed by atoms with Crippen LogP contribution in [0.5, 0.6) is 0 Å². The van der Waals surface area contributed by atoms with Gasteiger partial charge < -0.3 is 14.9 Å². The number of para-hydroxylation sites is 1. The van der Waals surface area contributed by atoms with Gasteiger partial charge in [-0.05, 0) is 49.8 Å². The Morgan fingerprint density at radius 3 is 2.97 bits per heavy atom. The van der Waals surface area contributed by atoms with Crippen LogP contribution >= 0.6 is 11.6 Å². The summed E-state index contributed by atoms with van der Waals surface area (Å²) in [5.74, 6) is 0.121. The van der Waals surface area contributed by atoms with E-state index in [-0.39, 0.29) is 23.9 Å². The van der Waals surface area contributed by atoms with Crippen LogP contribution in [0, 0.1) is 5.82 Å². The number of halogens is 2. The molecule has 2 N–H and O–H groups in total. The third-order valence-electron chi connectivity index (χ3n) is 7.76. The Bertz CT molecular complexity index is 1700. The van der Waals surface area contributed by atoms with Gasteiger partial charge in [0.25, 0.3) is 0 Å². The number of hydrogen-bond acceptors (Lipinski definition) is 4. The lowest BCUT2D eigenvalue weighted by Crippen LogP contribution is -2.46. The summed E-state index contributed by atoms with van der Waals surface area (Å²) in [6.45, 7) is 0.684. The standard InChI is InChI=1S/C28H25ClFN7O/c29-17-10-20-21(13-32-25(20)31-12-17)26-33-14-22-23(30)15-37(27(22)35-26)19-6-3-5-18(11-19)34-28(38)36-9-8-16-4-1-2-7-24(16)36/h1-2,4,7,10,12-15,18-19H,3,5-6,8-9,11H2,(H,31,32)(H,34,38)/t18-,19+/m0/s1. The molecule has 2 atom stereocenters. The highest BCUT2D eigenvalue weighted by Crippen LogP contribution is 2.35. The molecule has 1 fully saturated rings. The molecule has 0 radical (unpaired) electrons. The Hall–Kier alpha value is -3.98. The summed E-state index contributed by atoms with van der Waals surface area (Å²) in [6.07, 6.45) is 10.7. The summed E-state index contributed by atoms with van der Waals surface area (Å²) in [5.41, 5.74) is 4.16. The quantitative estimate of drug-likeness (QED) is 0.299. The first kappa shape index (κ1) is 23.2. The van der Waals surface area contributed by atoms with Gasteiger partial charge >= 0.3 is 6.03 Å². The van der Waals surface area contributed by atoms with E-state index >= 15 is 0 Å². The van der Waals surface area contributed by atoms with Crippen molar-refractivity contribution in [3.8, 4) is 11.4 Å². The second kappa shape index (κ2) is 9.09. The molecule has 192 valence electrons. The number of hydrogen-bond donors (Lipinski definition) is 2. The number of amides is 2. The zero-order valence-electron chi connectivity index (χ0n) is 20.5. The van der Waals surface area contributed by atoms with E-state index < -0.39 is 0 Å². The van der Waals surface area contributed by atoms with Gasteiger partial charge in [-0.2, -0.15) is 0 Å².